The lowest BCUT2D eigenvalue weighted by molar-refractivity contribution is -0.137. The van der Waals surface area contributed by atoms with Crippen molar-refractivity contribution >= 4 is 11.5 Å². The fourth-order valence-electron chi connectivity index (χ4n) is 1.78. The molecule has 0 aliphatic heterocycles. The Hall–Kier alpha value is -2.24. The number of nitrogen functional groups attached to an aromatic ring is 1. The molecule has 20 heavy (non-hydrogen) atoms. The molecule has 0 fully saturated rings. The Balaban J connectivity index is 2.65. The third-order valence-corrected chi connectivity index (χ3v) is 2.83. The van der Waals surface area contributed by atoms with Crippen molar-refractivity contribution in [1.82, 2.24) is 4.98 Å². The zero-order chi connectivity index (χ0) is 14.9. The van der Waals surface area contributed by atoms with Crippen LogP contribution < -0.4 is 10.6 Å². The van der Waals surface area contributed by atoms with Gasteiger partial charge < -0.3 is 10.6 Å². The minimum absolute atomic E-state index is 0.210. The van der Waals surface area contributed by atoms with E-state index in [9.17, 15) is 13.2 Å². The first-order valence-corrected chi connectivity index (χ1v) is 5.90. The quantitative estimate of drug-likeness (QED) is 0.858. The fraction of sp³-hybridized carbons (Fsp3) is 0.214. The molecular formula is C14H14F3N3. The summed E-state index contributed by atoms with van der Waals surface area (Å²) in [6.07, 6.45) is -4.42. The molecule has 0 saturated heterocycles. The predicted octanol–water partition coefficient (Wildman–Crippen LogP) is 3.42. The Labute approximate surface area is 114 Å². The monoisotopic (exact) mass is 281 g/mol. The molecule has 1 heterocycles. The molecule has 1 aromatic carbocycles. The summed E-state index contributed by atoms with van der Waals surface area (Å²) >= 11 is 0. The van der Waals surface area contributed by atoms with E-state index in [1.54, 1.807) is 38.4 Å². The molecule has 0 spiro atoms. The summed E-state index contributed by atoms with van der Waals surface area (Å²) in [7, 11) is 3.28. The van der Waals surface area contributed by atoms with Gasteiger partial charge in [0.2, 0.25) is 0 Å². The van der Waals surface area contributed by atoms with E-state index in [4.69, 9.17) is 5.73 Å². The Kier molecular flexibility index (Phi) is 3.57. The van der Waals surface area contributed by atoms with Gasteiger partial charge in [-0.1, -0.05) is 18.2 Å². The molecule has 0 aliphatic carbocycles. The molecule has 0 aliphatic rings. The van der Waals surface area contributed by atoms with Gasteiger partial charge >= 0.3 is 6.18 Å². The average Bonchev–Trinajstić information content (AvgIpc) is 2.37. The van der Waals surface area contributed by atoms with Crippen LogP contribution in [0.25, 0.3) is 11.3 Å². The Morgan fingerprint density at radius 1 is 1.10 bits per heavy atom. The number of benzene rings is 1. The van der Waals surface area contributed by atoms with E-state index in [1.807, 2.05) is 0 Å². The molecule has 6 heteroatoms. The minimum atomic E-state index is -4.42. The van der Waals surface area contributed by atoms with Gasteiger partial charge in [-0.25, -0.2) is 4.98 Å². The number of anilines is 2. The van der Waals surface area contributed by atoms with Crippen LogP contribution in [-0.2, 0) is 6.18 Å². The van der Waals surface area contributed by atoms with Gasteiger partial charge in [-0.15, -0.1) is 0 Å². The highest BCUT2D eigenvalue weighted by molar-refractivity contribution is 5.75. The van der Waals surface area contributed by atoms with Gasteiger partial charge in [-0.3, -0.25) is 0 Å². The van der Waals surface area contributed by atoms with Gasteiger partial charge in [0.1, 0.15) is 5.82 Å². The normalized spacial score (nSPS) is 11.4. The van der Waals surface area contributed by atoms with Gasteiger partial charge in [0.05, 0.1) is 11.3 Å². The van der Waals surface area contributed by atoms with E-state index in [1.165, 1.54) is 4.90 Å². The van der Waals surface area contributed by atoms with Crippen LogP contribution in [0.1, 0.15) is 5.56 Å². The first-order chi connectivity index (χ1) is 9.29. The van der Waals surface area contributed by atoms with Crippen LogP contribution in [0.15, 0.2) is 36.4 Å². The van der Waals surface area contributed by atoms with E-state index < -0.39 is 11.7 Å². The van der Waals surface area contributed by atoms with Crippen molar-refractivity contribution < 1.29 is 13.2 Å². The topological polar surface area (TPSA) is 42.1 Å². The van der Waals surface area contributed by atoms with E-state index in [0.29, 0.717) is 11.3 Å². The molecule has 0 unspecified atom stereocenters. The summed E-state index contributed by atoms with van der Waals surface area (Å²) < 4.78 is 38.9. The molecule has 2 aromatic rings. The molecule has 2 rings (SSSR count). The number of hydrogen-bond acceptors (Lipinski definition) is 3. The van der Waals surface area contributed by atoms with Crippen molar-refractivity contribution in [2.45, 2.75) is 6.18 Å². The maximum atomic E-state index is 13.0. The van der Waals surface area contributed by atoms with Crippen molar-refractivity contribution in [3.63, 3.8) is 0 Å². The predicted molar refractivity (Wildman–Crippen MR) is 73.4 cm³/mol. The molecule has 0 atom stereocenters. The van der Waals surface area contributed by atoms with Crippen LogP contribution in [0.5, 0.6) is 0 Å². The number of rotatable bonds is 2. The summed E-state index contributed by atoms with van der Waals surface area (Å²) in [5.74, 6) is 0.234. The van der Waals surface area contributed by atoms with Gasteiger partial charge in [0.25, 0.3) is 0 Å². The van der Waals surface area contributed by atoms with Crippen LogP contribution in [0.4, 0.5) is 24.7 Å². The number of para-hydroxylation sites is 1. The lowest BCUT2D eigenvalue weighted by Gasteiger charge is -2.16. The zero-order valence-electron chi connectivity index (χ0n) is 11.1. The van der Waals surface area contributed by atoms with Gasteiger partial charge in [0.15, 0.2) is 0 Å². The number of alkyl halides is 3. The third kappa shape index (κ3) is 2.84. The second kappa shape index (κ2) is 5.03. The van der Waals surface area contributed by atoms with Crippen molar-refractivity contribution in [3.8, 4) is 11.3 Å². The van der Waals surface area contributed by atoms with Crippen LogP contribution in [-0.4, -0.2) is 19.1 Å². The SMILES string of the molecule is CN(C)c1cc(C(F)(F)F)cc(-c2ccccc2N)n1. The summed E-state index contributed by atoms with van der Waals surface area (Å²) in [6, 6.07) is 8.74. The Morgan fingerprint density at radius 3 is 2.30 bits per heavy atom. The first-order valence-electron chi connectivity index (χ1n) is 5.90. The minimum Gasteiger partial charge on any atom is -0.398 e. The zero-order valence-corrected chi connectivity index (χ0v) is 11.1. The molecular weight excluding hydrogens is 267 g/mol. The first kappa shape index (κ1) is 14.2. The highest BCUT2D eigenvalue weighted by Gasteiger charge is 2.32. The molecule has 1 aromatic heterocycles. The second-order valence-electron chi connectivity index (χ2n) is 4.58. The van der Waals surface area contributed by atoms with Crippen LogP contribution in [0, 0.1) is 0 Å². The lowest BCUT2D eigenvalue weighted by Crippen LogP contribution is -2.14. The highest BCUT2D eigenvalue weighted by atomic mass is 19.4. The maximum Gasteiger partial charge on any atom is 0.416 e. The van der Waals surface area contributed by atoms with Gasteiger partial charge in [-0.05, 0) is 18.2 Å². The van der Waals surface area contributed by atoms with Crippen molar-refractivity contribution in [1.29, 1.82) is 0 Å². The fourth-order valence-corrected chi connectivity index (χ4v) is 1.78. The molecule has 0 saturated carbocycles. The van der Waals surface area contributed by atoms with Crippen LogP contribution >= 0.6 is 0 Å². The van der Waals surface area contributed by atoms with E-state index in [2.05, 4.69) is 4.98 Å². The molecule has 3 nitrogen and oxygen atoms in total. The molecule has 0 radical (unpaired) electrons. The highest BCUT2D eigenvalue weighted by Crippen LogP contribution is 2.35. The largest absolute Gasteiger partial charge is 0.416 e. The Morgan fingerprint density at radius 2 is 1.75 bits per heavy atom. The summed E-state index contributed by atoms with van der Waals surface area (Å²) in [6.45, 7) is 0. The second-order valence-corrected chi connectivity index (χ2v) is 4.58. The third-order valence-electron chi connectivity index (χ3n) is 2.83. The summed E-state index contributed by atoms with van der Waals surface area (Å²) in [5, 5.41) is 0. The average molecular weight is 281 g/mol. The number of aromatic nitrogens is 1. The van der Waals surface area contributed by atoms with Crippen molar-refractivity contribution in [2.24, 2.45) is 0 Å². The van der Waals surface area contributed by atoms with Gasteiger partial charge in [-0.2, -0.15) is 13.2 Å². The number of hydrogen-bond donors (Lipinski definition) is 1. The molecule has 0 amide bonds. The van der Waals surface area contributed by atoms with Crippen molar-refractivity contribution in [3.05, 3.63) is 42.0 Å². The number of nitrogens with zero attached hydrogens (tertiary/aromatic N) is 2. The lowest BCUT2D eigenvalue weighted by atomic mass is 10.1. The van der Waals surface area contributed by atoms with Gasteiger partial charge in [0, 0.05) is 25.3 Å². The number of halogens is 3. The molecule has 106 valence electrons. The maximum absolute atomic E-state index is 13.0. The van der Waals surface area contributed by atoms with E-state index in [0.717, 1.165) is 12.1 Å². The standard InChI is InChI=1S/C14H14F3N3/c1-20(2)13-8-9(14(15,16)17)7-12(19-13)10-5-3-4-6-11(10)18/h3-8H,18H2,1-2H3. The summed E-state index contributed by atoms with van der Waals surface area (Å²) in [4.78, 5) is 5.75. The smallest absolute Gasteiger partial charge is 0.398 e. The van der Waals surface area contributed by atoms with Crippen LogP contribution in [0.3, 0.4) is 0 Å². The van der Waals surface area contributed by atoms with Crippen molar-refractivity contribution in [2.75, 3.05) is 24.7 Å². The number of pyridine rings is 1. The van der Waals surface area contributed by atoms with E-state index >= 15 is 0 Å². The number of nitrogens with two attached hydrogens (primary N) is 1. The van der Waals surface area contributed by atoms with Crippen LogP contribution in [0.2, 0.25) is 0 Å². The molecule has 0 bridgehead atoms. The molecule has 2 N–H and O–H groups in total. The summed E-state index contributed by atoms with van der Waals surface area (Å²) in [5.41, 5.74) is 6.15. The Bertz CT molecular complexity index is 621. The van der Waals surface area contributed by atoms with E-state index in [-0.39, 0.29) is 11.5 Å².